The zero-order valence-electron chi connectivity index (χ0n) is 32.4. The Morgan fingerprint density at radius 1 is 0.389 bits per heavy atom. The van der Waals surface area contributed by atoms with Crippen LogP contribution in [0.15, 0.2) is 72.8 Å². The van der Waals surface area contributed by atoms with Gasteiger partial charge in [-0.3, -0.25) is 0 Å². The molecule has 0 aliphatic heterocycles. The lowest BCUT2D eigenvalue weighted by molar-refractivity contribution is 0.293. The number of ether oxygens (including phenoxy) is 8. The molecule has 0 amide bonds. The zero-order valence-corrected chi connectivity index (χ0v) is 34.1. The van der Waals surface area contributed by atoms with Crippen LogP contribution in [0.4, 0.5) is 0 Å². The molecule has 4 aromatic carbocycles. The molecule has 0 aliphatic carbocycles. The molecule has 6 rings (SSSR count). The molecule has 6 aromatic rings. The van der Waals surface area contributed by atoms with Gasteiger partial charge in [0.05, 0.1) is 53.8 Å². The molecule has 0 N–H and O–H groups in total. The Hall–Kier alpha value is -5.32. The summed E-state index contributed by atoms with van der Waals surface area (Å²) in [4.78, 5) is 4.34. The third kappa shape index (κ3) is 7.15. The Bertz CT molecular complexity index is 2080. The van der Waals surface area contributed by atoms with Gasteiger partial charge in [-0.25, -0.2) is 0 Å². The van der Waals surface area contributed by atoms with Crippen LogP contribution >= 0.6 is 22.7 Å². The standard InChI is InChI=1S/C44H46O8S2/c1-25-27(3)43(53-41(25)35-31(51-23-29-17-13-11-14-18-29)21-33(45-5)37(47-7)39(35)49-9)44-28(4)26(2)42(54-44)36-32(52-24-30-19-15-12-16-20-30)22-34(46-6)38(48-8)40(36)50-10/h11-22H,23-24H2,1-10H3. The van der Waals surface area contributed by atoms with E-state index in [0.29, 0.717) is 59.2 Å². The van der Waals surface area contributed by atoms with E-state index in [2.05, 4.69) is 27.7 Å². The maximum Gasteiger partial charge on any atom is 0.204 e. The summed E-state index contributed by atoms with van der Waals surface area (Å²) in [5.74, 6) is 4.42. The van der Waals surface area contributed by atoms with Gasteiger partial charge in [0.2, 0.25) is 11.5 Å². The molecule has 0 atom stereocenters. The minimum atomic E-state index is 0.372. The van der Waals surface area contributed by atoms with Gasteiger partial charge >= 0.3 is 0 Å². The summed E-state index contributed by atoms with van der Waals surface area (Å²) in [6.45, 7) is 9.37. The summed E-state index contributed by atoms with van der Waals surface area (Å²) in [6.07, 6.45) is 0. The van der Waals surface area contributed by atoms with Crippen molar-refractivity contribution in [1.82, 2.24) is 0 Å². The van der Waals surface area contributed by atoms with E-state index in [4.69, 9.17) is 37.9 Å². The summed E-state index contributed by atoms with van der Waals surface area (Å²) in [7, 11) is 9.75. The molecule has 282 valence electrons. The highest BCUT2D eigenvalue weighted by Gasteiger charge is 2.31. The average Bonchev–Trinajstić information content (AvgIpc) is 3.66. The number of hydrogen-bond donors (Lipinski definition) is 0. The van der Waals surface area contributed by atoms with Gasteiger partial charge in [0.25, 0.3) is 0 Å². The minimum absolute atomic E-state index is 0.372. The van der Waals surface area contributed by atoms with E-state index < -0.39 is 0 Å². The van der Waals surface area contributed by atoms with E-state index in [1.54, 1.807) is 65.3 Å². The second kappa shape index (κ2) is 16.8. The van der Waals surface area contributed by atoms with Crippen molar-refractivity contribution in [2.45, 2.75) is 40.9 Å². The Morgan fingerprint density at radius 2 is 0.722 bits per heavy atom. The van der Waals surface area contributed by atoms with Crippen LogP contribution in [-0.4, -0.2) is 42.7 Å². The van der Waals surface area contributed by atoms with Gasteiger partial charge in [0.1, 0.15) is 24.7 Å². The van der Waals surface area contributed by atoms with Gasteiger partial charge in [-0.2, -0.15) is 0 Å². The van der Waals surface area contributed by atoms with E-state index >= 15 is 0 Å². The SMILES string of the molecule is COc1cc(OCc2ccccc2)c(-c2sc(-c3sc(-c4c(OCc5ccccc5)cc(OC)c(OC)c4OC)c(C)c3C)c(C)c2C)c(OC)c1OC. The summed E-state index contributed by atoms with van der Waals surface area (Å²) in [5, 5.41) is 0. The molecule has 10 heteroatoms. The van der Waals surface area contributed by atoms with E-state index in [-0.39, 0.29) is 0 Å². The van der Waals surface area contributed by atoms with Crippen molar-refractivity contribution in [1.29, 1.82) is 0 Å². The lowest BCUT2D eigenvalue weighted by Crippen LogP contribution is -2.02. The number of benzene rings is 4. The Morgan fingerprint density at radius 3 is 1.04 bits per heavy atom. The highest BCUT2D eigenvalue weighted by Crippen LogP contribution is 2.58. The van der Waals surface area contributed by atoms with Crippen LogP contribution in [0.1, 0.15) is 33.4 Å². The molecule has 0 bridgehead atoms. The van der Waals surface area contributed by atoms with Crippen molar-refractivity contribution >= 4 is 22.7 Å². The van der Waals surface area contributed by atoms with Gasteiger partial charge in [0, 0.05) is 31.6 Å². The van der Waals surface area contributed by atoms with Crippen molar-refractivity contribution in [3.63, 3.8) is 0 Å². The molecular weight excluding hydrogens is 721 g/mol. The van der Waals surface area contributed by atoms with Gasteiger partial charge < -0.3 is 37.9 Å². The minimum Gasteiger partial charge on any atom is -0.493 e. The number of hydrogen-bond acceptors (Lipinski definition) is 10. The zero-order chi connectivity index (χ0) is 38.5. The second-order valence-electron chi connectivity index (χ2n) is 12.6. The maximum atomic E-state index is 6.55. The largest absolute Gasteiger partial charge is 0.493 e. The van der Waals surface area contributed by atoms with Crippen LogP contribution in [-0.2, 0) is 13.2 Å². The molecule has 0 spiro atoms. The molecule has 54 heavy (non-hydrogen) atoms. The van der Waals surface area contributed by atoms with Crippen molar-refractivity contribution in [3.05, 3.63) is 106 Å². The molecule has 8 nitrogen and oxygen atoms in total. The smallest absolute Gasteiger partial charge is 0.204 e. The average molecular weight is 767 g/mol. The molecular formula is C44H46O8S2. The highest BCUT2D eigenvalue weighted by atomic mass is 32.1. The summed E-state index contributed by atoms with van der Waals surface area (Å²) < 4.78 is 48.5. The molecule has 0 radical (unpaired) electrons. The van der Waals surface area contributed by atoms with E-state index in [0.717, 1.165) is 64.0 Å². The number of thiophene rings is 2. The molecule has 0 saturated carbocycles. The summed E-state index contributed by atoms with van der Waals surface area (Å²) >= 11 is 3.41. The Balaban J connectivity index is 1.52. The van der Waals surface area contributed by atoms with Crippen LogP contribution in [0.3, 0.4) is 0 Å². The first-order chi connectivity index (χ1) is 26.2. The van der Waals surface area contributed by atoms with E-state index in [9.17, 15) is 0 Å². The van der Waals surface area contributed by atoms with Crippen molar-refractivity contribution in [3.8, 4) is 76.6 Å². The molecule has 2 aromatic heterocycles. The third-order valence-electron chi connectivity index (χ3n) is 9.62. The van der Waals surface area contributed by atoms with Crippen LogP contribution in [0.2, 0.25) is 0 Å². The molecule has 2 heterocycles. The topological polar surface area (TPSA) is 73.8 Å². The Labute approximate surface area is 325 Å². The van der Waals surface area contributed by atoms with Gasteiger partial charge in [-0.05, 0) is 61.1 Å². The predicted molar refractivity (Wildman–Crippen MR) is 218 cm³/mol. The fraction of sp³-hybridized carbons (Fsp3) is 0.273. The van der Waals surface area contributed by atoms with Gasteiger partial charge in [0.15, 0.2) is 23.0 Å². The second-order valence-corrected chi connectivity index (χ2v) is 14.6. The molecule has 0 aliphatic rings. The normalized spacial score (nSPS) is 10.9. The number of methoxy groups -OCH3 is 6. The monoisotopic (exact) mass is 766 g/mol. The van der Waals surface area contributed by atoms with Crippen LogP contribution in [0, 0.1) is 27.7 Å². The van der Waals surface area contributed by atoms with Crippen LogP contribution in [0.5, 0.6) is 46.0 Å². The van der Waals surface area contributed by atoms with Crippen molar-refractivity contribution < 1.29 is 37.9 Å². The molecule has 0 saturated heterocycles. The molecule has 0 unspecified atom stereocenters. The fourth-order valence-corrected chi connectivity index (χ4v) is 9.46. The predicted octanol–water partition coefficient (Wildman–Crippen LogP) is 11.3. The third-order valence-corrected chi connectivity index (χ3v) is 12.6. The fourth-order valence-electron chi connectivity index (χ4n) is 6.50. The van der Waals surface area contributed by atoms with Crippen LogP contribution < -0.4 is 37.9 Å². The first kappa shape index (κ1) is 38.4. The first-order valence-corrected chi connectivity index (χ1v) is 19.0. The van der Waals surface area contributed by atoms with Crippen molar-refractivity contribution in [2.75, 3.05) is 42.7 Å². The summed E-state index contributed by atoms with van der Waals surface area (Å²) in [6, 6.07) is 23.9. The first-order valence-electron chi connectivity index (χ1n) is 17.4. The van der Waals surface area contributed by atoms with Crippen molar-refractivity contribution in [2.24, 2.45) is 0 Å². The lowest BCUT2D eigenvalue weighted by atomic mass is 10.0. The Kier molecular flexibility index (Phi) is 11.9. The van der Waals surface area contributed by atoms with Crippen LogP contribution in [0.25, 0.3) is 30.6 Å². The van der Waals surface area contributed by atoms with E-state index in [1.165, 1.54) is 0 Å². The number of rotatable bonds is 15. The maximum absolute atomic E-state index is 6.55. The molecule has 0 fully saturated rings. The van der Waals surface area contributed by atoms with Gasteiger partial charge in [-0.15, -0.1) is 22.7 Å². The van der Waals surface area contributed by atoms with Gasteiger partial charge in [-0.1, -0.05) is 60.7 Å². The van der Waals surface area contributed by atoms with E-state index in [1.807, 2.05) is 72.8 Å². The quantitative estimate of drug-likeness (QED) is 0.102. The lowest BCUT2D eigenvalue weighted by Gasteiger charge is -2.20. The summed E-state index contributed by atoms with van der Waals surface area (Å²) in [5.41, 5.74) is 8.28. The highest BCUT2D eigenvalue weighted by molar-refractivity contribution is 7.25.